The number of benzene rings is 1. The molecule has 8 nitrogen and oxygen atoms in total. The van der Waals surface area contributed by atoms with E-state index in [0.29, 0.717) is 17.8 Å². The fourth-order valence-corrected chi connectivity index (χ4v) is 5.48. The van der Waals surface area contributed by atoms with E-state index < -0.39 is 0 Å². The summed E-state index contributed by atoms with van der Waals surface area (Å²) in [5.41, 5.74) is 4.12. The van der Waals surface area contributed by atoms with E-state index in [1.54, 1.807) is 23.6 Å². The summed E-state index contributed by atoms with van der Waals surface area (Å²) in [7, 11) is 2.14. The Morgan fingerprint density at radius 1 is 1.00 bits per heavy atom. The Labute approximate surface area is 218 Å². The van der Waals surface area contributed by atoms with Gasteiger partial charge in [-0.25, -0.2) is 9.97 Å². The van der Waals surface area contributed by atoms with Crippen molar-refractivity contribution in [3.8, 4) is 27.6 Å². The smallest absolute Gasteiger partial charge is 0.292 e. The van der Waals surface area contributed by atoms with Gasteiger partial charge in [-0.05, 0) is 44.3 Å². The second-order valence-corrected chi connectivity index (χ2v) is 10.7. The molecule has 37 heavy (non-hydrogen) atoms. The van der Waals surface area contributed by atoms with Crippen molar-refractivity contribution < 1.29 is 4.74 Å². The van der Waals surface area contributed by atoms with Gasteiger partial charge in [0, 0.05) is 60.8 Å². The van der Waals surface area contributed by atoms with Gasteiger partial charge in [0.1, 0.15) is 17.8 Å². The maximum Gasteiger partial charge on any atom is 0.292 e. The number of nitrogens with zero attached hydrogens (tertiary/aromatic N) is 5. The third kappa shape index (κ3) is 4.98. The van der Waals surface area contributed by atoms with Gasteiger partial charge in [-0.3, -0.25) is 14.7 Å². The van der Waals surface area contributed by atoms with Crippen molar-refractivity contribution in [3.63, 3.8) is 0 Å². The zero-order chi connectivity index (χ0) is 25.4. The first-order valence-electron chi connectivity index (χ1n) is 12.4. The number of aromatic nitrogens is 4. The normalized spacial score (nSPS) is 15.0. The van der Waals surface area contributed by atoms with Gasteiger partial charge in [-0.15, -0.1) is 11.3 Å². The van der Waals surface area contributed by atoms with Crippen LogP contribution in [0.1, 0.15) is 4.88 Å². The third-order valence-corrected chi connectivity index (χ3v) is 7.76. The van der Waals surface area contributed by atoms with Gasteiger partial charge < -0.3 is 14.6 Å². The van der Waals surface area contributed by atoms with E-state index in [4.69, 9.17) is 14.7 Å². The summed E-state index contributed by atoms with van der Waals surface area (Å²) in [6, 6.07) is 15.9. The topological polar surface area (TPSA) is 87.2 Å². The molecule has 0 spiro atoms. The average Bonchev–Trinajstić information content (AvgIpc) is 3.35. The van der Waals surface area contributed by atoms with Crippen molar-refractivity contribution in [2.24, 2.45) is 0 Å². The molecule has 0 amide bonds. The van der Waals surface area contributed by atoms with Crippen LogP contribution in [0.4, 0.5) is 0 Å². The molecule has 1 fully saturated rings. The van der Waals surface area contributed by atoms with Gasteiger partial charge in [-0.2, -0.15) is 0 Å². The van der Waals surface area contributed by atoms with Gasteiger partial charge in [0.15, 0.2) is 11.4 Å². The van der Waals surface area contributed by atoms with Crippen LogP contribution in [0.2, 0.25) is 0 Å². The molecule has 4 aromatic heterocycles. The molecule has 0 unspecified atom stereocenters. The van der Waals surface area contributed by atoms with Gasteiger partial charge in [0.05, 0.1) is 16.1 Å². The zero-order valence-electron chi connectivity index (χ0n) is 20.9. The second kappa shape index (κ2) is 10.0. The summed E-state index contributed by atoms with van der Waals surface area (Å²) in [5, 5.41) is 1.03. The second-order valence-electron chi connectivity index (χ2n) is 9.43. The lowest BCUT2D eigenvalue weighted by atomic mass is 10.1. The minimum atomic E-state index is -0.294. The Balaban J connectivity index is 1.37. The summed E-state index contributed by atoms with van der Waals surface area (Å²) < 4.78 is 5.92. The molecule has 1 saturated heterocycles. The number of hydrogen-bond donors (Lipinski definition) is 1. The first-order chi connectivity index (χ1) is 18.0. The number of H-pyrrole nitrogens is 1. The molecule has 1 aliphatic rings. The molecule has 188 valence electrons. The summed E-state index contributed by atoms with van der Waals surface area (Å²) in [6.45, 7) is 7.41. The Hall–Kier alpha value is -3.66. The van der Waals surface area contributed by atoms with Crippen LogP contribution in [0.15, 0.2) is 59.5 Å². The quantitative estimate of drug-likeness (QED) is 0.365. The average molecular weight is 513 g/mol. The van der Waals surface area contributed by atoms with Crippen molar-refractivity contribution in [2.75, 3.05) is 46.4 Å². The molecule has 1 aliphatic heterocycles. The Bertz CT molecular complexity index is 1640. The van der Waals surface area contributed by atoms with E-state index in [1.165, 1.54) is 4.88 Å². The monoisotopic (exact) mass is 512 g/mol. The van der Waals surface area contributed by atoms with Gasteiger partial charge in [0.25, 0.3) is 5.56 Å². The maximum absolute atomic E-state index is 12.8. The highest BCUT2D eigenvalue weighted by Gasteiger charge is 2.18. The predicted molar refractivity (Wildman–Crippen MR) is 148 cm³/mol. The molecule has 0 bridgehead atoms. The van der Waals surface area contributed by atoms with E-state index in [0.717, 1.165) is 65.5 Å². The van der Waals surface area contributed by atoms with E-state index in [-0.39, 0.29) is 11.3 Å². The van der Waals surface area contributed by atoms with Crippen LogP contribution in [0, 0.1) is 6.92 Å². The molecule has 5 heterocycles. The van der Waals surface area contributed by atoms with Crippen LogP contribution in [-0.2, 0) is 0 Å². The molecule has 0 saturated carbocycles. The Kier molecular flexibility index (Phi) is 6.42. The lowest BCUT2D eigenvalue weighted by Crippen LogP contribution is -2.45. The summed E-state index contributed by atoms with van der Waals surface area (Å²) in [4.78, 5) is 36.9. The Morgan fingerprint density at radius 2 is 1.86 bits per heavy atom. The first kappa shape index (κ1) is 23.7. The standard InChI is InChI=1S/C28H28N6O2S/c1-18-5-8-24(37-18)26-25(20-6-7-21-19(16-20)4-3-9-29-21)30-22-17-23(28(35)32-27(22)31-26)36-15-14-34-12-10-33(2)11-13-34/h3-9,16-17H,10-15H2,1-2H3,(H,31,32,35). The number of aromatic amines is 1. The number of aryl methyl sites for hydroxylation is 1. The first-order valence-corrected chi connectivity index (χ1v) is 13.3. The highest BCUT2D eigenvalue weighted by atomic mass is 32.1. The fourth-order valence-electron chi connectivity index (χ4n) is 4.62. The Morgan fingerprint density at radius 3 is 2.68 bits per heavy atom. The van der Waals surface area contributed by atoms with Crippen LogP contribution in [0.5, 0.6) is 5.75 Å². The van der Waals surface area contributed by atoms with E-state index in [2.05, 4.69) is 51.9 Å². The number of nitrogens with one attached hydrogen (secondary N) is 1. The van der Waals surface area contributed by atoms with Crippen LogP contribution in [0.25, 0.3) is 43.9 Å². The molecule has 0 atom stereocenters. The van der Waals surface area contributed by atoms with Crippen molar-refractivity contribution in [3.05, 3.63) is 70.0 Å². The largest absolute Gasteiger partial charge is 0.486 e. The highest BCUT2D eigenvalue weighted by Crippen LogP contribution is 2.35. The van der Waals surface area contributed by atoms with E-state index in [9.17, 15) is 4.79 Å². The molecular formula is C28H28N6O2S. The van der Waals surface area contributed by atoms with Crippen molar-refractivity contribution in [1.82, 2.24) is 29.7 Å². The minimum Gasteiger partial charge on any atom is -0.486 e. The SMILES string of the molecule is Cc1ccc(-c2nc3[nH]c(=O)c(OCCN4CCN(C)CC4)cc3nc2-c2ccc3ncccc3c2)s1. The molecule has 9 heteroatoms. The number of likely N-dealkylation sites (N-methyl/N-ethyl adjacent to an activating group) is 1. The third-order valence-electron chi connectivity index (χ3n) is 6.76. The minimum absolute atomic E-state index is 0.268. The number of pyridine rings is 2. The van der Waals surface area contributed by atoms with Crippen molar-refractivity contribution in [2.45, 2.75) is 6.92 Å². The van der Waals surface area contributed by atoms with Gasteiger partial charge in [-0.1, -0.05) is 12.1 Å². The molecule has 1 aromatic carbocycles. The number of rotatable bonds is 6. The number of hydrogen-bond acceptors (Lipinski definition) is 8. The molecule has 0 aliphatic carbocycles. The van der Waals surface area contributed by atoms with E-state index >= 15 is 0 Å². The predicted octanol–water partition coefficient (Wildman–Crippen LogP) is 4.20. The summed E-state index contributed by atoms with van der Waals surface area (Å²) in [6.07, 6.45) is 1.79. The van der Waals surface area contributed by atoms with Crippen molar-refractivity contribution >= 4 is 33.4 Å². The van der Waals surface area contributed by atoms with Crippen molar-refractivity contribution in [1.29, 1.82) is 0 Å². The van der Waals surface area contributed by atoms with Crippen LogP contribution >= 0.6 is 11.3 Å². The van der Waals surface area contributed by atoms with Crippen LogP contribution in [0.3, 0.4) is 0 Å². The van der Waals surface area contributed by atoms with E-state index in [1.807, 2.05) is 24.3 Å². The lowest BCUT2D eigenvalue weighted by Gasteiger charge is -2.32. The summed E-state index contributed by atoms with van der Waals surface area (Å²) >= 11 is 1.65. The van der Waals surface area contributed by atoms with Crippen LogP contribution < -0.4 is 10.3 Å². The molecule has 6 rings (SSSR count). The fraction of sp³-hybridized carbons (Fsp3) is 0.286. The van der Waals surface area contributed by atoms with Gasteiger partial charge >= 0.3 is 0 Å². The molecular weight excluding hydrogens is 484 g/mol. The number of fused-ring (bicyclic) bond motifs is 2. The van der Waals surface area contributed by atoms with Crippen LogP contribution in [-0.4, -0.2) is 76.1 Å². The van der Waals surface area contributed by atoms with Gasteiger partial charge in [0.2, 0.25) is 0 Å². The molecule has 0 radical (unpaired) electrons. The number of ether oxygens (including phenoxy) is 1. The molecule has 1 N–H and O–H groups in total. The zero-order valence-corrected chi connectivity index (χ0v) is 21.7. The molecule has 5 aromatic rings. The lowest BCUT2D eigenvalue weighted by molar-refractivity contribution is 0.133. The highest BCUT2D eigenvalue weighted by molar-refractivity contribution is 7.15. The maximum atomic E-state index is 12.8. The summed E-state index contributed by atoms with van der Waals surface area (Å²) in [5.74, 6) is 0.268. The number of thiophene rings is 1. The number of piperazine rings is 1.